The van der Waals surface area contributed by atoms with Gasteiger partial charge in [0.15, 0.2) is 0 Å². The lowest BCUT2D eigenvalue weighted by Gasteiger charge is -2.15. The van der Waals surface area contributed by atoms with Crippen molar-refractivity contribution in [3.63, 3.8) is 0 Å². The molecule has 1 aromatic carbocycles. The van der Waals surface area contributed by atoms with Gasteiger partial charge in [0.1, 0.15) is 5.82 Å². The Morgan fingerprint density at radius 1 is 1.27 bits per heavy atom. The van der Waals surface area contributed by atoms with E-state index in [9.17, 15) is 4.39 Å². The zero-order valence-electron chi connectivity index (χ0n) is 8.39. The summed E-state index contributed by atoms with van der Waals surface area (Å²) in [6.07, 6.45) is 4.23. The van der Waals surface area contributed by atoms with Gasteiger partial charge in [-0.05, 0) is 43.6 Å². The van der Waals surface area contributed by atoms with Crippen LogP contribution in [0, 0.1) is 5.82 Å². The van der Waals surface area contributed by atoms with Crippen LogP contribution in [0.1, 0.15) is 18.4 Å². The summed E-state index contributed by atoms with van der Waals surface area (Å²) in [6.45, 7) is 2.06. The van der Waals surface area contributed by atoms with Crippen LogP contribution >= 0.6 is 11.6 Å². The Labute approximate surface area is 93.9 Å². The summed E-state index contributed by atoms with van der Waals surface area (Å²) in [7, 11) is 0. The van der Waals surface area contributed by atoms with Gasteiger partial charge < -0.3 is 5.32 Å². The number of hydrogen-bond donors (Lipinski definition) is 1. The molecule has 1 nitrogen and oxygen atoms in total. The van der Waals surface area contributed by atoms with Crippen molar-refractivity contribution >= 4 is 17.7 Å². The molecule has 0 radical (unpaired) electrons. The van der Waals surface area contributed by atoms with Gasteiger partial charge in [-0.3, -0.25) is 0 Å². The SMILES string of the molecule is Fc1ccc(C=C2CCNCC2)cc1Cl. The van der Waals surface area contributed by atoms with Crippen molar-refractivity contribution in [1.29, 1.82) is 0 Å². The fourth-order valence-corrected chi connectivity index (χ4v) is 1.92. The van der Waals surface area contributed by atoms with Gasteiger partial charge >= 0.3 is 0 Å². The summed E-state index contributed by atoms with van der Waals surface area (Å²) in [5.41, 5.74) is 2.38. The van der Waals surface area contributed by atoms with E-state index in [1.165, 1.54) is 11.6 Å². The summed E-state index contributed by atoms with van der Waals surface area (Å²) in [4.78, 5) is 0. The van der Waals surface area contributed by atoms with Crippen LogP contribution in [0.2, 0.25) is 5.02 Å². The fourth-order valence-electron chi connectivity index (χ4n) is 1.73. The monoisotopic (exact) mass is 225 g/mol. The smallest absolute Gasteiger partial charge is 0.141 e. The van der Waals surface area contributed by atoms with E-state index in [0.29, 0.717) is 0 Å². The molecule has 1 saturated heterocycles. The highest BCUT2D eigenvalue weighted by Gasteiger charge is 2.05. The third-order valence-electron chi connectivity index (χ3n) is 2.56. The molecule has 0 aromatic heterocycles. The van der Waals surface area contributed by atoms with E-state index in [-0.39, 0.29) is 10.8 Å². The van der Waals surface area contributed by atoms with Gasteiger partial charge in [0.05, 0.1) is 5.02 Å². The molecule has 0 saturated carbocycles. The molecule has 0 amide bonds. The lowest BCUT2D eigenvalue weighted by molar-refractivity contribution is 0.613. The Kier molecular flexibility index (Phi) is 3.39. The fraction of sp³-hybridized carbons (Fsp3) is 0.333. The molecule has 1 fully saturated rings. The summed E-state index contributed by atoms with van der Waals surface area (Å²) in [5, 5.41) is 3.49. The lowest BCUT2D eigenvalue weighted by Crippen LogP contribution is -2.22. The van der Waals surface area contributed by atoms with E-state index in [2.05, 4.69) is 11.4 Å². The van der Waals surface area contributed by atoms with E-state index in [1.54, 1.807) is 12.1 Å². The molecule has 1 aliphatic rings. The zero-order valence-corrected chi connectivity index (χ0v) is 9.15. The number of hydrogen-bond acceptors (Lipinski definition) is 1. The average Bonchev–Trinajstić information content (AvgIpc) is 2.25. The van der Waals surface area contributed by atoms with Crippen LogP contribution < -0.4 is 5.32 Å². The highest BCUT2D eigenvalue weighted by Crippen LogP contribution is 2.20. The molecular weight excluding hydrogens is 213 g/mol. The lowest BCUT2D eigenvalue weighted by atomic mass is 10.0. The second kappa shape index (κ2) is 4.77. The first-order valence-corrected chi connectivity index (χ1v) is 5.49. The number of halogens is 2. The van der Waals surface area contributed by atoms with Crippen LogP contribution in [0.3, 0.4) is 0 Å². The van der Waals surface area contributed by atoms with Crippen LogP contribution in [0.25, 0.3) is 6.08 Å². The molecule has 0 atom stereocenters. The second-order valence-electron chi connectivity index (χ2n) is 3.73. The van der Waals surface area contributed by atoms with E-state index in [1.807, 2.05) is 0 Å². The molecule has 80 valence electrons. The van der Waals surface area contributed by atoms with Crippen LogP contribution in [-0.4, -0.2) is 13.1 Å². The Hall–Kier alpha value is -0.860. The molecular formula is C12H13ClFN. The highest BCUT2D eigenvalue weighted by molar-refractivity contribution is 6.30. The van der Waals surface area contributed by atoms with Crippen molar-refractivity contribution in [3.8, 4) is 0 Å². The molecule has 0 aliphatic carbocycles. The van der Waals surface area contributed by atoms with Gasteiger partial charge in [-0.1, -0.05) is 29.3 Å². The maximum absolute atomic E-state index is 12.9. The van der Waals surface area contributed by atoms with Gasteiger partial charge in [-0.2, -0.15) is 0 Å². The molecule has 2 rings (SSSR count). The quantitative estimate of drug-likeness (QED) is 0.774. The molecule has 1 heterocycles. The number of rotatable bonds is 1. The number of piperidine rings is 1. The molecule has 15 heavy (non-hydrogen) atoms. The minimum absolute atomic E-state index is 0.193. The predicted octanol–water partition coefficient (Wildman–Crippen LogP) is 3.25. The molecule has 3 heteroatoms. The summed E-state index contributed by atoms with van der Waals surface area (Å²) < 4.78 is 12.9. The third-order valence-corrected chi connectivity index (χ3v) is 2.85. The molecule has 0 unspecified atom stereocenters. The van der Waals surface area contributed by atoms with Crippen molar-refractivity contribution in [2.24, 2.45) is 0 Å². The molecule has 1 N–H and O–H groups in total. The number of nitrogens with one attached hydrogen (secondary N) is 1. The van der Waals surface area contributed by atoms with E-state index < -0.39 is 0 Å². The van der Waals surface area contributed by atoms with Crippen molar-refractivity contribution in [3.05, 3.63) is 40.2 Å². The summed E-state index contributed by atoms with van der Waals surface area (Å²) in [6, 6.07) is 4.85. The topological polar surface area (TPSA) is 12.0 Å². The van der Waals surface area contributed by atoms with Crippen molar-refractivity contribution in [2.75, 3.05) is 13.1 Å². The Morgan fingerprint density at radius 3 is 2.67 bits per heavy atom. The molecule has 0 spiro atoms. The van der Waals surface area contributed by atoms with Crippen molar-refractivity contribution in [1.82, 2.24) is 5.32 Å². The summed E-state index contributed by atoms with van der Waals surface area (Å²) >= 11 is 5.71. The minimum atomic E-state index is -0.357. The third kappa shape index (κ3) is 2.80. The molecule has 1 aromatic rings. The maximum atomic E-state index is 12.9. The van der Waals surface area contributed by atoms with Crippen molar-refractivity contribution in [2.45, 2.75) is 12.8 Å². The van der Waals surface area contributed by atoms with Crippen LogP contribution in [-0.2, 0) is 0 Å². The van der Waals surface area contributed by atoms with Crippen LogP contribution in [0.4, 0.5) is 4.39 Å². The highest BCUT2D eigenvalue weighted by atomic mass is 35.5. The van der Waals surface area contributed by atoms with Gasteiger partial charge in [0, 0.05) is 0 Å². The Balaban J connectivity index is 2.18. The standard InChI is InChI=1S/C12H13ClFN/c13-11-8-10(1-2-12(11)14)7-9-3-5-15-6-4-9/h1-2,7-8,15H,3-6H2. The van der Waals surface area contributed by atoms with Crippen molar-refractivity contribution < 1.29 is 4.39 Å². The average molecular weight is 226 g/mol. The van der Waals surface area contributed by atoms with Crippen LogP contribution in [0.5, 0.6) is 0 Å². The molecule has 0 bridgehead atoms. The van der Waals surface area contributed by atoms with E-state index in [4.69, 9.17) is 11.6 Å². The van der Waals surface area contributed by atoms with E-state index in [0.717, 1.165) is 31.5 Å². The van der Waals surface area contributed by atoms with Gasteiger partial charge in [-0.25, -0.2) is 4.39 Å². The Morgan fingerprint density at radius 2 is 2.00 bits per heavy atom. The zero-order chi connectivity index (χ0) is 10.7. The first kappa shape index (κ1) is 10.7. The number of benzene rings is 1. The maximum Gasteiger partial charge on any atom is 0.141 e. The normalized spacial score (nSPS) is 16.5. The minimum Gasteiger partial charge on any atom is -0.316 e. The van der Waals surface area contributed by atoms with E-state index >= 15 is 0 Å². The Bertz CT molecular complexity index is 379. The van der Waals surface area contributed by atoms with Gasteiger partial charge in [-0.15, -0.1) is 0 Å². The second-order valence-corrected chi connectivity index (χ2v) is 4.13. The first-order chi connectivity index (χ1) is 7.25. The van der Waals surface area contributed by atoms with Gasteiger partial charge in [0.2, 0.25) is 0 Å². The largest absolute Gasteiger partial charge is 0.316 e. The first-order valence-electron chi connectivity index (χ1n) is 5.11. The van der Waals surface area contributed by atoms with Crippen LogP contribution in [0.15, 0.2) is 23.8 Å². The van der Waals surface area contributed by atoms with Gasteiger partial charge in [0.25, 0.3) is 0 Å². The predicted molar refractivity (Wildman–Crippen MR) is 61.5 cm³/mol. The molecule has 1 aliphatic heterocycles. The summed E-state index contributed by atoms with van der Waals surface area (Å²) in [5.74, 6) is -0.357.